The van der Waals surface area contributed by atoms with Crippen molar-refractivity contribution in [2.75, 3.05) is 13.1 Å². The zero-order valence-corrected chi connectivity index (χ0v) is 19.2. The van der Waals surface area contributed by atoms with E-state index in [4.69, 9.17) is 9.15 Å². The number of hydrogen-bond acceptors (Lipinski definition) is 6. The van der Waals surface area contributed by atoms with E-state index in [-0.39, 0.29) is 18.0 Å². The maximum atomic E-state index is 13.0. The van der Waals surface area contributed by atoms with Crippen LogP contribution >= 0.6 is 15.9 Å². The quantitative estimate of drug-likeness (QED) is 0.572. The van der Waals surface area contributed by atoms with Crippen molar-refractivity contribution in [2.45, 2.75) is 45.3 Å². The molecule has 3 aromatic rings. The fraction of sp³-hybridized carbons (Fsp3) is 0.429. The van der Waals surface area contributed by atoms with Crippen molar-refractivity contribution in [2.24, 2.45) is 0 Å². The van der Waals surface area contributed by atoms with Gasteiger partial charge in [-0.1, -0.05) is 0 Å². The van der Waals surface area contributed by atoms with Gasteiger partial charge in [0.25, 0.3) is 5.91 Å². The number of rotatable bonds is 3. The lowest BCUT2D eigenvalue weighted by atomic mass is 10.1. The Bertz CT molecular complexity index is 1120. The third-order valence-corrected chi connectivity index (χ3v) is 5.28. The monoisotopic (exact) mass is 489 g/mol. The van der Waals surface area contributed by atoms with Crippen LogP contribution in [-0.4, -0.2) is 56.6 Å². The Morgan fingerprint density at radius 2 is 2.13 bits per heavy atom. The molecule has 2 N–H and O–H groups in total. The minimum atomic E-state index is -0.558. The maximum absolute atomic E-state index is 13.0. The molecular weight excluding hydrogens is 466 g/mol. The molecule has 1 aliphatic heterocycles. The number of piperidine rings is 1. The molecule has 0 aromatic carbocycles. The molecule has 9 nitrogen and oxygen atoms in total. The maximum Gasteiger partial charge on any atom is 0.410 e. The van der Waals surface area contributed by atoms with Crippen molar-refractivity contribution < 1.29 is 18.7 Å². The molecule has 3 aromatic heterocycles. The molecule has 31 heavy (non-hydrogen) atoms. The summed E-state index contributed by atoms with van der Waals surface area (Å²) < 4.78 is 11.6. The largest absolute Gasteiger partial charge is 0.446 e. The summed E-state index contributed by atoms with van der Waals surface area (Å²) >= 11 is 3.27. The molecule has 0 bridgehead atoms. The number of fused-ring (bicyclic) bond motifs is 1. The number of hydrogen-bond donors (Lipinski definition) is 2. The summed E-state index contributed by atoms with van der Waals surface area (Å²) in [5.74, 6) is 0.776. The van der Waals surface area contributed by atoms with E-state index in [9.17, 15) is 9.59 Å². The summed E-state index contributed by atoms with van der Waals surface area (Å²) in [7, 11) is 0. The predicted octanol–water partition coefficient (Wildman–Crippen LogP) is 4.11. The van der Waals surface area contributed by atoms with Gasteiger partial charge in [-0.05, 0) is 67.7 Å². The first-order chi connectivity index (χ1) is 14.7. The Morgan fingerprint density at radius 3 is 2.84 bits per heavy atom. The van der Waals surface area contributed by atoms with Gasteiger partial charge in [-0.2, -0.15) is 0 Å². The van der Waals surface area contributed by atoms with Crippen molar-refractivity contribution in [3.05, 3.63) is 34.6 Å². The number of amides is 2. The fourth-order valence-corrected chi connectivity index (χ4v) is 3.82. The zero-order chi connectivity index (χ0) is 22.2. The molecule has 0 unspecified atom stereocenters. The van der Waals surface area contributed by atoms with Crippen LogP contribution in [0.15, 0.2) is 33.5 Å². The highest BCUT2D eigenvalue weighted by Crippen LogP contribution is 2.25. The van der Waals surface area contributed by atoms with Crippen LogP contribution < -0.4 is 5.32 Å². The van der Waals surface area contributed by atoms with Crippen LogP contribution in [0.1, 0.15) is 44.0 Å². The lowest BCUT2D eigenvalue weighted by Gasteiger charge is -2.34. The molecule has 10 heteroatoms. The Hall–Kier alpha value is -2.88. The molecule has 4 rings (SSSR count). The van der Waals surface area contributed by atoms with Gasteiger partial charge in [-0.15, -0.1) is 0 Å². The van der Waals surface area contributed by atoms with Gasteiger partial charge in [0.05, 0.1) is 11.1 Å². The molecule has 0 aliphatic carbocycles. The summed E-state index contributed by atoms with van der Waals surface area (Å²) in [6, 6.07) is 5.02. The number of likely N-dealkylation sites (tertiary alicyclic amines) is 1. The van der Waals surface area contributed by atoms with Crippen LogP contribution in [0.2, 0.25) is 0 Å². The smallest absolute Gasteiger partial charge is 0.410 e. The molecule has 164 valence electrons. The van der Waals surface area contributed by atoms with Crippen molar-refractivity contribution in [3.63, 3.8) is 0 Å². The third-order valence-electron chi connectivity index (χ3n) is 4.85. The highest BCUT2D eigenvalue weighted by atomic mass is 79.9. The van der Waals surface area contributed by atoms with E-state index in [2.05, 4.69) is 36.2 Å². The standard InChI is InChI=1S/C21H24BrN5O4/c1-21(2,3)31-20(29)27-10-4-5-12(11-27)24-19(28)13-8-9-23-18-16(13)25-17(26-18)14-6-7-15(22)30-14/h6-9,12H,4-5,10-11H2,1-3H3,(H,24,28)(H,23,25,26)/t12-/m0/s1. The molecule has 1 fully saturated rings. The molecule has 0 saturated carbocycles. The van der Waals surface area contributed by atoms with Gasteiger partial charge in [0.1, 0.15) is 5.60 Å². The van der Waals surface area contributed by atoms with E-state index < -0.39 is 5.60 Å². The van der Waals surface area contributed by atoms with Gasteiger partial charge in [0.15, 0.2) is 21.9 Å². The zero-order valence-electron chi connectivity index (χ0n) is 17.6. The van der Waals surface area contributed by atoms with E-state index in [0.717, 1.165) is 12.8 Å². The number of imidazole rings is 1. The summed E-state index contributed by atoms with van der Waals surface area (Å²) in [6.07, 6.45) is 2.76. The van der Waals surface area contributed by atoms with E-state index >= 15 is 0 Å². The Kier molecular flexibility index (Phi) is 5.74. The lowest BCUT2D eigenvalue weighted by Crippen LogP contribution is -2.50. The predicted molar refractivity (Wildman–Crippen MR) is 118 cm³/mol. The van der Waals surface area contributed by atoms with E-state index in [1.807, 2.05) is 20.8 Å². The van der Waals surface area contributed by atoms with E-state index in [1.54, 1.807) is 29.3 Å². The number of halogens is 1. The molecule has 1 aliphatic rings. The number of H-pyrrole nitrogens is 1. The van der Waals surface area contributed by atoms with Crippen molar-refractivity contribution in [1.29, 1.82) is 0 Å². The van der Waals surface area contributed by atoms with Crippen molar-refractivity contribution >= 4 is 39.1 Å². The van der Waals surface area contributed by atoms with Crippen molar-refractivity contribution in [1.82, 2.24) is 25.2 Å². The van der Waals surface area contributed by atoms with Crippen molar-refractivity contribution in [3.8, 4) is 11.6 Å². The van der Waals surface area contributed by atoms with Crippen LogP contribution in [0.25, 0.3) is 22.7 Å². The number of nitrogens with one attached hydrogen (secondary N) is 2. The molecule has 4 heterocycles. The highest BCUT2D eigenvalue weighted by molar-refractivity contribution is 9.10. The first-order valence-electron chi connectivity index (χ1n) is 10.1. The highest BCUT2D eigenvalue weighted by Gasteiger charge is 2.29. The van der Waals surface area contributed by atoms with Crippen LogP contribution in [0.3, 0.4) is 0 Å². The average Bonchev–Trinajstić information content (AvgIpc) is 3.32. The number of nitrogens with zero attached hydrogens (tertiary/aromatic N) is 3. The van der Waals surface area contributed by atoms with Crippen LogP contribution in [0, 0.1) is 0 Å². The number of furan rings is 1. The average molecular weight is 490 g/mol. The number of carbonyl (C=O) groups is 2. The van der Waals surface area contributed by atoms with Gasteiger partial charge in [-0.25, -0.2) is 14.8 Å². The molecule has 0 radical (unpaired) electrons. The Morgan fingerprint density at radius 1 is 1.32 bits per heavy atom. The summed E-state index contributed by atoms with van der Waals surface area (Å²) in [5.41, 5.74) is 0.831. The number of ether oxygens (including phenoxy) is 1. The summed E-state index contributed by atoms with van der Waals surface area (Å²) in [6.45, 7) is 6.53. The van der Waals surface area contributed by atoms with Gasteiger partial charge in [0, 0.05) is 25.3 Å². The van der Waals surface area contributed by atoms with Gasteiger partial charge >= 0.3 is 6.09 Å². The van der Waals surface area contributed by atoms with Crippen LogP contribution in [-0.2, 0) is 4.74 Å². The molecule has 1 atom stereocenters. The minimum absolute atomic E-state index is 0.166. The van der Waals surface area contributed by atoms with E-state index in [0.29, 0.717) is 46.1 Å². The molecular formula is C21H24BrN5O4. The topological polar surface area (TPSA) is 113 Å². The second-order valence-corrected chi connectivity index (χ2v) is 9.27. The van der Waals surface area contributed by atoms with Crippen LogP contribution in [0.4, 0.5) is 4.79 Å². The Balaban J connectivity index is 1.49. The molecule has 0 spiro atoms. The van der Waals surface area contributed by atoms with E-state index in [1.165, 1.54) is 0 Å². The number of pyridine rings is 1. The lowest BCUT2D eigenvalue weighted by molar-refractivity contribution is 0.0185. The first-order valence-corrected chi connectivity index (χ1v) is 10.9. The second-order valence-electron chi connectivity index (χ2n) is 8.49. The fourth-order valence-electron chi connectivity index (χ4n) is 3.51. The van der Waals surface area contributed by atoms with Gasteiger partial charge in [-0.3, -0.25) is 4.79 Å². The molecule has 2 amide bonds. The number of aromatic nitrogens is 3. The second kappa shape index (κ2) is 8.33. The minimum Gasteiger partial charge on any atom is -0.446 e. The molecule has 1 saturated heterocycles. The number of carbonyl (C=O) groups excluding carboxylic acids is 2. The normalized spacial score (nSPS) is 17.0. The summed E-state index contributed by atoms with van der Waals surface area (Å²) in [4.78, 5) is 38.9. The van der Waals surface area contributed by atoms with Gasteiger partial charge in [0.2, 0.25) is 0 Å². The third kappa shape index (κ3) is 4.90. The first kappa shape index (κ1) is 21.4. The van der Waals surface area contributed by atoms with Crippen LogP contribution in [0.5, 0.6) is 0 Å². The van der Waals surface area contributed by atoms with Gasteiger partial charge < -0.3 is 24.4 Å². The number of aromatic amines is 1. The Labute approximate surface area is 187 Å². The SMILES string of the molecule is CC(C)(C)OC(=O)N1CCC[C@H](NC(=O)c2ccnc3nc(-c4ccc(Br)o4)[nH]c23)C1. The summed E-state index contributed by atoms with van der Waals surface area (Å²) in [5, 5.41) is 3.03.